The van der Waals surface area contributed by atoms with Gasteiger partial charge in [-0.2, -0.15) is 13.2 Å². The van der Waals surface area contributed by atoms with Crippen LogP contribution in [0.3, 0.4) is 0 Å². The first-order valence-corrected chi connectivity index (χ1v) is 7.67. The molecule has 2 rings (SSSR count). The third-order valence-corrected chi connectivity index (χ3v) is 3.89. The molecular weight excluding hydrogens is 361 g/mol. The Morgan fingerprint density at radius 3 is 2.44 bits per heavy atom. The van der Waals surface area contributed by atoms with E-state index in [4.69, 9.17) is 5.84 Å². The molecule has 1 aromatic heterocycles. The number of alkyl halides is 3. The third-order valence-electron chi connectivity index (χ3n) is 2.84. The van der Waals surface area contributed by atoms with Gasteiger partial charge in [0.1, 0.15) is 0 Å². The second kappa shape index (κ2) is 7.42. The maximum atomic E-state index is 12.6. The number of para-hydroxylation sites is 1. The summed E-state index contributed by atoms with van der Waals surface area (Å²) in [6.07, 6.45) is -4.76. The van der Waals surface area contributed by atoms with Crippen molar-refractivity contribution >= 4 is 29.4 Å². The highest BCUT2D eigenvalue weighted by atomic mass is 32.2. The van der Waals surface area contributed by atoms with Crippen LogP contribution in [0.5, 0.6) is 0 Å². The molecule has 0 aliphatic heterocycles. The van der Waals surface area contributed by atoms with Crippen LogP contribution >= 0.6 is 11.8 Å². The normalized spacial score (nSPS) is 12.5. The molecule has 8 nitrogen and oxygen atoms in total. The Labute approximate surface area is 143 Å². The first-order chi connectivity index (χ1) is 11.7. The molecule has 0 aliphatic rings. The fraction of sp³-hybridized carbons (Fsp3) is 0.231. The van der Waals surface area contributed by atoms with Gasteiger partial charge in [-0.15, -0.1) is 10.2 Å². The first kappa shape index (κ1) is 18.6. The van der Waals surface area contributed by atoms with Gasteiger partial charge in [-0.25, -0.2) is 9.47 Å². The number of hydrogen-bond acceptors (Lipinski definition) is 6. The van der Waals surface area contributed by atoms with Crippen molar-refractivity contribution in [3.05, 3.63) is 36.2 Å². The summed E-state index contributed by atoms with van der Waals surface area (Å²) < 4.78 is 38.0. The second-order valence-electron chi connectivity index (χ2n) is 4.74. The molecule has 134 valence electrons. The van der Waals surface area contributed by atoms with Crippen LogP contribution in [0, 0.1) is 0 Å². The maximum absolute atomic E-state index is 12.6. The predicted molar refractivity (Wildman–Crippen MR) is 84.1 cm³/mol. The van der Waals surface area contributed by atoms with E-state index < -0.39 is 29.2 Å². The largest absolute Gasteiger partial charge is 0.453 e. The lowest BCUT2D eigenvalue weighted by atomic mass is 10.3. The van der Waals surface area contributed by atoms with E-state index in [1.807, 2.05) is 0 Å². The van der Waals surface area contributed by atoms with Crippen molar-refractivity contribution in [3.63, 3.8) is 0 Å². The lowest BCUT2D eigenvalue weighted by Gasteiger charge is -2.11. The zero-order valence-corrected chi connectivity index (χ0v) is 13.6. The van der Waals surface area contributed by atoms with Crippen LogP contribution in [-0.2, 0) is 11.0 Å². The number of carbonyl (C=O) groups excluding carboxylic acids is 2. The number of nitrogens with two attached hydrogens (primary N) is 1. The van der Waals surface area contributed by atoms with Crippen LogP contribution in [0.2, 0.25) is 0 Å². The zero-order valence-electron chi connectivity index (χ0n) is 12.7. The molecule has 4 N–H and O–H groups in total. The van der Waals surface area contributed by atoms with Crippen molar-refractivity contribution in [1.82, 2.24) is 20.2 Å². The predicted octanol–water partition coefficient (Wildman–Crippen LogP) is 1.84. The fourth-order valence-corrected chi connectivity index (χ4v) is 2.43. The fourth-order valence-electron chi connectivity index (χ4n) is 1.66. The number of nitrogen functional groups attached to an aromatic ring is 1. The van der Waals surface area contributed by atoms with Crippen molar-refractivity contribution in [3.8, 4) is 0 Å². The summed E-state index contributed by atoms with van der Waals surface area (Å²) in [4.78, 5) is 23.7. The molecule has 0 fully saturated rings. The maximum Gasteiger partial charge on any atom is 0.453 e. The highest BCUT2D eigenvalue weighted by Crippen LogP contribution is 2.30. The van der Waals surface area contributed by atoms with Crippen molar-refractivity contribution in [2.45, 2.75) is 23.5 Å². The summed E-state index contributed by atoms with van der Waals surface area (Å²) in [6, 6.07) is 7.62. The van der Waals surface area contributed by atoms with Crippen molar-refractivity contribution in [1.29, 1.82) is 0 Å². The van der Waals surface area contributed by atoms with E-state index in [2.05, 4.69) is 20.8 Å². The molecule has 3 amide bonds. The topological polar surface area (TPSA) is 115 Å². The number of nitrogens with zero attached hydrogens (tertiary/aromatic N) is 3. The Hall–Kier alpha value is -2.76. The molecule has 1 aromatic carbocycles. The number of rotatable bonds is 4. The van der Waals surface area contributed by atoms with Crippen molar-refractivity contribution < 1.29 is 22.8 Å². The number of halogens is 3. The number of aromatic nitrogens is 3. The summed E-state index contributed by atoms with van der Waals surface area (Å²) in [5.41, 5.74) is 0.477. The van der Waals surface area contributed by atoms with Gasteiger partial charge in [0.15, 0.2) is 0 Å². The number of imide groups is 1. The van der Waals surface area contributed by atoms with E-state index in [1.165, 1.54) is 6.92 Å². The summed E-state index contributed by atoms with van der Waals surface area (Å²) >= 11 is 0.636. The van der Waals surface area contributed by atoms with Gasteiger partial charge in [-0.3, -0.25) is 10.1 Å². The summed E-state index contributed by atoms with van der Waals surface area (Å²) in [7, 11) is 0. The third kappa shape index (κ3) is 4.86. The summed E-state index contributed by atoms with van der Waals surface area (Å²) in [5.74, 6) is 3.17. The highest BCUT2D eigenvalue weighted by molar-refractivity contribution is 8.00. The molecule has 0 aliphatic carbocycles. The van der Waals surface area contributed by atoms with E-state index >= 15 is 0 Å². The molecule has 2 aromatic rings. The van der Waals surface area contributed by atoms with Gasteiger partial charge < -0.3 is 11.2 Å². The van der Waals surface area contributed by atoms with E-state index in [0.29, 0.717) is 17.4 Å². The number of anilines is 1. The summed E-state index contributed by atoms with van der Waals surface area (Å²) in [6.45, 7) is 1.39. The van der Waals surface area contributed by atoms with Crippen molar-refractivity contribution in [2.24, 2.45) is 0 Å². The van der Waals surface area contributed by atoms with E-state index in [0.717, 1.165) is 0 Å². The average molecular weight is 374 g/mol. The molecule has 0 radical (unpaired) electrons. The Morgan fingerprint density at radius 1 is 1.24 bits per heavy atom. The molecule has 0 bridgehead atoms. The molecule has 0 spiro atoms. The van der Waals surface area contributed by atoms with Crippen molar-refractivity contribution in [2.75, 3.05) is 11.2 Å². The van der Waals surface area contributed by atoms with Gasteiger partial charge in [0.2, 0.25) is 11.1 Å². The lowest BCUT2D eigenvalue weighted by molar-refractivity contribution is -0.146. The number of benzene rings is 1. The minimum atomic E-state index is -4.76. The minimum absolute atomic E-state index is 0.248. The molecule has 0 saturated carbocycles. The zero-order chi connectivity index (χ0) is 18.6. The monoisotopic (exact) mass is 374 g/mol. The lowest BCUT2D eigenvalue weighted by Crippen LogP contribution is -2.39. The number of thioether (sulfide) groups is 1. The number of carbonyl (C=O) groups is 2. The smallest absolute Gasteiger partial charge is 0.335 e. The van der Waals surface area contributed by atoms with Crippen LogP contribution in [-0.4, -0.2) is 32.1 Å². The van der Waals surface area contributed by atoms with Crippen LogP contribution in [0.4, 0.5) is 23.7 Å². The van der Waals surface area contributed by atoms with Gasteiger partial charge in [-0.05, 0) is 19.1 Å². The van der Waals surface area contributed by atoms with Crippen LogP contribution in [0.25, 0.3) is 0 Å². The standard InChI is InChI=1S/C13H13F3N6O2S/c1-7(25-12-21-20-10(22(12)17)13(14,15)16)9(23)19-11(24)18-8-5-3-2-4-6-8/h2-7H,17H2,1H3,(H2,18,19,23,24). The SMILES string of the molecule is CC(Sc1nnc(C(F)(F)F)n1N)C(=O)NC(=O)Nc1ccccc1. The number of amides is 3. The molecular formula is C13H13F3N6O2S. The van der Waals surface area contributed by atoms with Crippen LogP contribution < -0.4 is 16.5 Å². The van der Waals surface area contributed by atoms with E-state index in [-0.39, 0.29) is 9.83 Å². The van der Waals surface area contributed by atoms with Gasteiger partial charge in [0.05, 0.1) is 5.25 Å². The molecule has 12 heteroatoms. The molecule has 1 unspecified atom stereocenters. The molecule has 25 heavy (non-hydrogen) atoms. The number of urea groups is 1. The van der Waals surface area contributed by atoms with Gasteiger partial charge in [0.25, 0.3) is 5.82 Å². The van der Waals surface area contributed by atoms with Gasteiger partial charge >= 0.3 is 12.2 Å². The number of hydrogen-bond donors (Lipinski definition) is 3. The first-order valence-electron chi connectivity index (χ1n) is 6.79. The highest BCUT2D eigenvalue weighted by Gasteiger charge is 2.38. The Kier molecular flexibility index (Phi) is 5.51. The summed E-state index contributed by atoms with van der Waals surface area (Å²) in [5, 5.41) is 9.52. The van der Waals surface area contributed by atoms with Crippen LogP contribution in [0.1, 0.15) is 12.7 Å². The average Bonchev–Trinajstić information content (AvgIpc) is 2.89. The van der Waals surface area contributed by atoms with Crippen LogP contribution in [0.15, 0.2) is 35.5 Å². The van der Waals surface area contributed by atoms with E-state index in [9.17, 15) is 22.8 Å². The second-order valence-corrected chi connectivity index (χ2v) is 6.05. The Balaban J connectivity index is 1.94. The molecule has 1 heterocycles. The quantitative estimate of drug-likeness (QED) is 0.556. The van der Waals surface area contributed by atoms with E-state index in [1.54, 1.807) is 30.3 Å². The van der Waals surface area contributed by atoms with Gasteiger partial charge in [0, 0.05) is 5.69 Å². The minimum Gasteiger partial charge on any atom is -0.335 e. The Bertz CT molecular complexity index is 765. The van der Waals surface area contributed by atoms with Gasteiger partial charge in [-0.1, -0.05) is 30.0 Å². The molecule has 1 atom stereocenters. The molecule has 0 saturated heterocycles. The Morgan fingerprint density at radius 2 is 1.88 bits per heavy atom. The number of nitrogens with one attached hydrogen (secondary N) is 2.